The number of phenolic OH excluding ortho intramolecular Hbond substituents is 1. The third kappa shape index (κ3) is 3.21. The summed E-state index contributed by atoms with van der Waals surface area (Å²) in [5.74, 6) is 0.264. The molecular weight excluding hydrogens is 216 g/mol. The summed E-state index contributed by atoms with van der Waals surface area (Å²) in [4.78, 5) is 12.0. The molecule has 1 rings (SSSR count). The highest BCUT2D eigenvalue weighted by atomic mass is 16.5. The zero-order chi connectivity index (χ0) is 12.8. The molecule has 0 aromatic heterocycles. The van der Waals surface area contributed by atoms with E-state index in [2.05, 4.69) is 0 Å². The Hall–Kier alpha value is -2.03. The van der Waals surface area contributed by atoms with Crippen molar-refractivity contribution in [2.45, 2.75) is 13.8 Å². The maximum Gasteiger partial charge on any atom is 0.192 e. The second-order valence-electron chi connectivity index (χ2n) is 3.59. The lowest BCUT2D eigenvalue weighted by Crippen LogP contribution is -2.01. The Morgan fingerprint density at radius 3 is 2.65 bits per heavy atom. The smallest absolute Gasteiger partial charge is 0.192 e. The summed E-state index contributed by atoms with van der Waals surface area (Å²) in [6.07, 6.45) is 5.34. The molecule has 3 heteroatoms. The zero-order valence-corrected chi connectivity index (χ0v) is 10.2. The van der Waals surface area contributed by atoms with Crippen molar-refractivity contribution in [1.29, 1.82) is 0 Å². The fourth-order valence-corrected chi connectivity index (χ4v) is 1.36. The Bertz CT molecular complexity index is 470. The van der Waals surface area contributed by atoms with Crippen molar-refractivity contribution in [3.8, 4) is 11.5 Å². The molecule has 0 aliphatic carbocycles. The van der Waals surface area contributed by atoms with E-state index in [-0.39, 0.29) is 17.1 Å². The number of methoxy groups -OCH3 is 1. The third-order valence-corrected chi connectivity index (χ3v) is 2.35. The second kappa shape index (κ2) is 5.89. The Morgan fingerprint density at radius 1 is 1.41 bits per heavy atom. The SMILES string of the molecule is C/C=C\C=C(/C)C(=O)c1ccc(OC)cc1O. The van der Waals surface area contributed by atoms with Crippen molar-refractivity contribution in [1.82, 2.24) is 0 Å². The molecule has 90 valence electrons. The van der Waals surface area contributed by atoms with Gasteiger partial charge in [0.05, 0.1) is 12.7 Å². The van der Waals surface area contributed by atoms with Gasteiger partial charge in [-0.2, -0.15) is 0 Å². The number of ether oxygens (including phenoxy) is 1. The van der Waals surface area contributed by atoms with Crippen molar-refractivity contribution < 1.29 is 14.6 Å². The van der Waals surface area contributed by atoms with Gasteiger partial charge in [-0.1, -0.05) is 18.2 Å². The maximum absolute atomic E-state index is 12.0. The van der Waals surface area contributed by atoms with Crippen LogP contribution >= 0.6 is 0 Å². The van der Waals surface area contributed by atoms with Crippen LogP contribution in [0.3, 0.4) is 0 Å². The molecule has 0 bridgehead atoms. The predicted octanol–water partition coefficient (Wildman–Crippen LogP) is 3.11. The fourth-order valence-electron chi connectivity index (χ4n) is 1.36. The lowest BCUT2D eigenvalue weighted by atomic mass is 10.0. The summed E-state index contributed by atoms with van der Waals surface area (Å²) in [6, 6.07) is 4.63. The summed E-state index contributed by atoms with van der Waals surface area (Å²) >= 11 is 0. The Morgan fingerprint density at radius 2 is 2.12 bits per heavy atom. The highest BCUT2D eigenvalue weighted by Gasteiger charge is 2.13. The largest absolute Gasteiger partial charge is 0.507 e. The third-order valence-electron chi connectivity index (χ3n) is 2.35. The van der Waals surface area contributed by atoms with E-state index in [1.807, 2.05) is 13.0 Å². The van der Waals surface area contributed by atoms with Gasteiger partial charge in [0.15, 0.2) is 5.78 Å². The van der Waals surface area contributed by atoms with Crippen LogP contribution in [-0.4, -0.2) is 18.0 Å². The lowest BCUT2D eigenvalue weighted by Gasteiger charge is -2.06. The summed E-state index contributed by atoms with van der Waals surface area (Å²) < 4.78 is 4.96. The van der Waals surface area contributed by atoms with Gasteiger partial charge in [0.1, 0.15) is 11.5 Å². The molecule has 0 amide bonds. The molecule has 0 spiro atoms. The van der Waals surface area contributed by atoms with Crippen LogP contribution in [0.1, 0.15) is 24.2 Å². The topological polar surface area (TPSA) is 46.5 Å². The van der Waals surface area contributed by atoms with Gasteiger partial charge in [-0.25, -0.2) is 0 Å². The highest BCUT2D eigenvalue weighted by Crippen LogP contribution is 2.25. The monoisotopic (exact) mass is 232 g/mol. The van der Waals surface area contributed by atoms with Crippen LogP contribution in [0.15, 0.2) is 42.0 Å². The minimum absolute atomic E-state index is 0.0671. The zero-order valence-electron chi connectivity index (χ0n) is 10.2. The first-order valence-corrected chi connectivity index (χ1v) is 5.31. The normalized spacial score (nSPS) is 11.8. The number of aromatic hydroxyl groups is 1. The molecule has 1 aromatic carbocycles. The van der Waals surface area contributed by atoms with Crippen molar-refractivity contribution in [3.63, 3.8) is 0 Å². The molecule has 0 atom stereocenters. The van der Waals surface area contributed by atoms with Gasteiger partial charge < -0.3 is 9.84 Å². The Balaban J connectivity index is 3.05. The predicted molar refractivity (Wildman–Crippen MR) is 67.6 cm³/mol. The summed E-state index contributed by atoms with van der Waals surface area (Å²) in [5.41, 5.74) is 0.854. The number of rotatable bonds is 4. The molecule has 0 fully saturated rings. The molecule has 0 aliphatic heterocycles. The average molecular weight is 232 g/mol. The molecule has 3 nitrogen and oxygen atoms in total. The van der Waals surface area contributed by atoms with E-state index in [0.717, 1.165) is 0 Å². The van der Waals surface area contributed by atoms with E-state index in [4.69, 9.17) is 4.74 Å². The number of ketones is 1. The fraction of sp³-hybridized carbons (Fsp3) is 0.214. The van der Waals surface area contributed by atoms with Crippen LogP contribution in [0.5, 0.6) is 11.5 Å². The molecule has 17 heavy (non-hydrogen) atoms. The first kappa shape index (κ1) is 13.0. The summed E-state index contributed by atoms with van der Waals surface area (Å²) in [6.45, 7) is 3.59. The van der Waals surface area contributed by atoms with E-state index in [9.17, 15) is 9.90 Å². The quantitative estimate of drug-likeness (QED) is 0.493. The van der Waals surface area contributed by atoms with Gasteiger partial charge in [-0.15, -0.1) is 0 Å². The van der Waals surface area contributed by atoms with Gasteiger partial charge in [0.2, 0.25) is 0 Å². The summed E-state index contributed by atoms with van der Waals surface area (Å²) in [7, 11) is 1.51. The van der Waals surface area contributed by atoms with Gasteiger partial charge in [-0.05, 0) is 31.6 Å². The van der Waals surface area contributed by atoms with Gasteiger partial charge in [-0.3, -0.25) is 4.79 Å². The Labute approximate surface area is 101 Å². The number of benzene rings is 1. The number of hydrogen-bond acceptors (Lipinski definition) is 3. The van der Waals surface area contributed by atoms with E-state index in [0.29, 0.717) is 11.3 Å². The minimum atomic E-state index is -0.191. The van der Waals surface area contributed by atoms with Crippen LogP contribution in [0.2, 0.25) is 0 Å². The van der Waals surface area contributed by atoms with Gasteiger partial charge in [0, 0.05) is 6.07 Å². The van der Waals surface area contributed by atoms with Crippen LogP contribution in [-0.2, 0) is 0 Å². The van der Waals surface area contributed by atoms with E-state index in [1.54, 1.807) is 31.2 Å². The van der Waals surface area contributed by atoms with E-state index < -0.39 is 0 Å². The molecular formula is C14H16O3. The molecule has 0 unspecified atom stereocenters. The molecule has 1 N–H and O–H groups in total. The highest BCUT2D eigenvalue weighted by molar-refractivity contribution is 6.10. The number of allylic oxidation sites excluding steroid dienone is 4. The molecule has 0 saturated heterocycles. The molecule has 0 saturated carbocycles. The lowest BCUT2D eigenvalue weighted by molar-refractivity contribution is 0.103. The number of phenols is 1. The number of carbonyl (C=O) groups is 1. The number of carbonyl (C=O) groups excluding carboxylic acids is 1. The molecule has 0 radical (unpaired) electrons. The summed E-state index contributed by atoms with van der Waals surface area (Å²) in [5, 5.41) is 9.72. The Kier molecular flexibility index (Phi) is 4.52. The van der Waals surface area contributed by atoms with Crippen molar-refractivity contribution in [3.05, 3.63) is 47.6 Å². The van der Waals surface area contributed by atoms with Crippen LogP contribution in [0.4, 0.5) is 0 Å². The average Bonchev–Trinajstić information content (AvgIpc) is 2.34. The first-order chi connectivity index (χ1) is 8.10. The number of hydrogen-bond donors (Lipinski definition) is 1. The van der Waals surface area contributed by atoms with E-state index >= 15 is 0 Å². The van der Waals surface area contributed by atoms with Gasteiger partial charge in [0.25, 0.3) is 0 Å². The van der Waals surface area contributed by atoms with Crippen LogP contribution < -0.4 is 4.74 Å². The molecule has 0 heterocycles. The van der Waals surface area contributed by atoms with Gasteiger partial charge >= 0.3 is 0 Å². The van der Waals surface area contributed by atoms with Crippen LogP contribution in [0.25, 0.3) is 0 Å². The standard InChI is InChI=1S/C14H16O3/c1-4-5-6-10(2)14(16)12-8-7-11(17-3)9-13(12)15/h4-9,15H,1-3H3/b5-4-,10-6+. The van der Waals surface area contributed by atoms with Crippen molar-refractivity contribution in [2.24, 2.45) is 0 Å². The van der Waals surface area contributed by atoms with E-state index in [1.165, 1.54) is 13.2 Å². The van der Waals surface area contributed by atoms with Crippen molar-refractivity contribution >= 4 is 5.78 Å². The van der Waals surface area contributed by atoms with Crippen LogP contribution in [0, 0.1) is 0 Å². The maximum atomic E-state index is 12.0. The minimum Gasteiger partial charge on any atom is -0.507 e. The second-order valence-corrected chi connectivity index (χ2v) is 3.59. The molecule has 1 aromatic rings. The first-order valence-electron chi connectivity index (χ1n) is 5.31. The number of Topliss-reactive ketones (excluding diaryl/α,β-unsaturated/α-hetero) is 1. The van der Waals surface area contributed by atoms with Crippen molar-refractivity contribution in [2.75, 3.05) is 7.11 Å². The molecule has 0 aliphatic rings.